The van der Waals surface area contributed by atoms with Gasteiger partial charge in [0.1, 0.15) is 5.69 Å². The summed E-state index contributed by atoms with van der Waals surface area (Å²) < 4.78 is 40.8. The molecular weight excluding hydrogens is 392 g/mol. The fourth-order valence-electron chi connectivity index (χ4n) is 3.35. The first-order valence-electron chi connectivity index (χ1n) is 8.73. The molecule has 8 nitrogen and oxygen atoms in total. The minimum Gasteiger partial charge on any atom is -0.481 e. The van der Waals surface area contributed by atoms with E-state index in [0.717, 1.165) is 21.8 Å². The third-order valence-corrected chi connectivity index (χ3v) is 6.16. The highest BCUT2D eigenvalue weighted by molar-refractivity contribution is 7.92. The maximum Gasteiger partial charge on any atom is 0.262 e. The molecular formula is C20H20N4O4S. The van der Waals surface area contributed by atoms with E-state index in [0.29, 0.717) is 11.6 Å². The maximum absolute atomic E-state index is 13.0. The number of methoxy groups -OCH3 is 2. The average Bonchev–Trinajstić information content (AvgIpc) is 2.99. The van der Waals surface area contributed by atoms with Crippen LogP contribution in [-0.2, 0) is 17.1 Å². The Balaban J connectivity index is 1.80. The first kappa shape index (κ1) is 18.9. The molecule has 0 radical (unpaired) electrons. The molecule has 0 saturated heterocycles. The Hall–Kier alpha value is -3.46. The van der Waals surface area contributed by atoms with E-state index < -0.39 is 10.0 Å². The molecule has 0 aliphatic rings. The van der Waals surface area contributed by atoms with Gasteiger partial charge in [0.15, 0.2) is 0 Å². The Morgan fingerprint density at radius 2 is 1.76 bits per heavy atom. The van der Waals surface area contributed by atoms with Crippen molar-refractivity contribution in [3.05, 3.63) is 48.5 Å². The number of aromatic nitrogens is 2. The van der Waals surface area contributed by atoms with Crippen molar-refractivity contribution in [3.63, 3.8) is 0 Å². The molecule has 2 heterocycles. The van der Waals surface area contributed by atoms with E-state index in [1.54, 1.807) is 36.4 Å². The van der Waals surface area contributed by atoms with Gasteiger partial charge >= 0.3 is 0 Å². The van der Waals surface area contributed by atoms with Gasteiger partial charge in [-0.15, -0.1) is 0 Å². The van der Waals surface area contributed by atoms with Crippen LogP contribution in [0.1, 0.15) is 0 Å². The summed E-state index contributed by atoms with van der Waals surface area (Å²) in [7, 11) is 0.933. The van der Waals surface area contributed by atoms with Crippen LogP contribution < -0.4 is 19.9 Å². The van der Waals surface area contributed by atoms with Crippen molar-refractivity contribution in [1.29, 1.82) is 0 Å². The topological polar surface area (TPSA) is 108 Å². The van der Waals surface area contributed by atoms with E-state index in [1.165, 1.54) is 14.2 Å². The highest BCUT2D eigenvalue weighted by atomic mass is 32.2. The number of hydrogen-bond acceptors (Lipinski definition) is 6. The Morgan fingerprint density at radius 3 is 2.48 bits per heavy atom. The Bertz CT molecular complexity index is 1350. The molecule has 3 N–H and O–H groups in total. The van der Waals surface area contributed by atoms with Gasteiger partial charge in [-0.2, -0.15) is 4.98 Å². The zero-order chi connectivity index (χ0) is 20.8. The average molecular weight is 412 g/mol. The van der Waals surface area contributed by atoms with Crippen molar-refractivity contribution in [2.24, 2.45) is 7.05 Å². The Labute approximate surface area is 167 Å². The van der Waals surface area contributed by atoms with Gasteiger partial charge in [-0.3, -0.25) is 4.72 Å². The molecule has 29 heavy (non-hydrogen) atoms. The standard InChI is InChI=1S/C20H20N4O4S/c1-24-17-8-5-13(11-15(17)14-6-4-12(21)10-18(14)24)29(25,26)23-16-7-9-19(27-2)22-20(16)28-3/h4-11,23H,21H2,1-3H3. The molecule has 0 amide bonds. The second kappa shape index (κ2) is 6.85. The van der Waals surface area contributed by atoms with Gasteiger partial charge < -0.3 is 19.8 Å². The van der Waals surface area contributed by atoms with E-state index in [4.69, 9.17) is 15.2 Å². The SMILES string of the molecule is COc1ccc(NS(=O)(=O)c2ccc3c(c2)c2ccc(N)cc2n3C)c(OC)n1. The Kier molecular flexibility index (Phi) is 4.46. The summed E-state index contributed by atoms with van der Waals surface area (Å²) in [5.41, 5.74) is 8.62. The van der Waals surface area contributed by atoms with Crippen molar-refractivity contribution in [2.45, 2.75) is 4.90 Å². The van der Waals surface area contributed by atoms with Crippen LogP contribution in [0, 0.1) is 0 Å². The number of hydrogen-bond donors (Lipinski definition) is 2. The summed E-state index contributed by atoms with van der Waals surface area (Å²) in [6.45, 7) is 0. The molecule has 150 valence electrons. The molecule has 2 aromatic heterocycles. The summed E-state index contributed by atoms with van der Waals surface area (Å²) in [4.78, 5) is 4.24. The molecule has 0 unspecified atom stereocenters. The first-order chi connectivity index (χ1) is 13.8. The van der Waals surface area contributed by atoms with E-state index in [9.17, 15) is 8.42 Å². The number of nitrogen functional groups attached to an aromatic ring is 1. The summed E-state index contributed by atoms with van der Waals surface area (Å²) in [5.74, 6) is 0.441. The van der Waals surface area contributed by atoms with Crippen LogP contribution in [0.15, 0.2) is 53.4 Å². The second-order valence-corrected chi connectivity index (χ2v) is 8.21. The molecule has 0 bridgehead atoms. The Morgan fingerprint density at radius 1 is 0.966 bits per heavy atom. The molecule has 0 atom stereocenters. The molecule has 2 aromatic carbocycles. The summed E-state index contributed by atoms with van der Waals surface area (Å²) in [6.07, 6.45) is 0. The van der Waals surface area contributed by atoms with Crippen LogP contribution in [0.3, 0.4) is 0 Å². The predicted octanol–water partition coefficient (Wildman–Crippen LogP) is 3.13. The molecule has 4 aromatic rings. The van der Waals surface area contributed by atoms with Gasteiger partial charge in [-0.25, -0.2) is 8.42 Å². The number of fused-ring (bicyclic) bond motifs is 3. The maximum atomic E-state index is 13.0. The lowest BCUT2D eigenvalue weighted by Gasteiger charge is -2.12. The number of nitrogens with two attached hydrogens (primary N) is 1. The number of ether oxygens (including phenoxy) is 2. The van der Waals surface area contributed by atoms with Crippen LogP contribution in [0.5, 0.6) is 11.8 Å². The lowest BCUT2D eigenvalue weighted by molar-refractivity contribution is 0.366. The number of aryl methyl sites for hydroxylation is 1. The quantitative estimate of drug-likeness (QED) is 0.488. The second-order valence-electron chi connectivity index (χ2n) is 6.53. The number of anilines is 2. The van der Waals surface area contributed by atoms with Crippen molar-refractivity contribution < 1.29 is 17.9 Å². The van der Waals surface area contributed by atoms with Crippen molar-refractivity contribution in [3.8, 4) is 11.8 Å². The summed E-state index contributed by atoms with van der Waals surface area (Å²) in [6, 6.07) is 13.7. The summed E-state index contributed by atoms with van der Waals surface area (Å²) in [5, 5.41) is 1.75. The number of rotatable bonds is 5. The monoisotopic (exact) mass is 412 g/mol. The van der Waals surface area contributed by atoms with Gasteiger partial charge in [-0.05, 0) is 36.4 Å². The molecule has 0 fully saturated rings. The highest BCUT2D eigenvalue weighted by Crippen LogP contribution is 2.32. The van der Waals surface area contributed by atoms with E-state index in [1.807, 2.05) is 23.7 Å². The molecule has 0 aliphatic carbocycles. The van der Waals surface area contributed by atoms with Crippen molar-refractivity contribution in [2.75, 3.05) is 24.7 Å². The van der Waals surface area contributed by atoms with Gasteiger partial charge in [-0.1, -0.05) is 6.07 Å². The zero-order valence-corrected chi connectivity index (χ0v) is 16.9. The molecule has 4 rings (SSSR count). The van der Waals surface area contributed by atoms with Crippen LogP contribution >= 0.6 is 0 Å². The number of nitrogens with one attached hydrogen (secondary N) is 1. The molecule has 9 heteroatoms. The van der Waals surface area contributed by atoms with E-state index in [-0.39, 0.29) is 16.5 Å². The zero-order valence-electron chi connectivity index (χ0n) is 16.1. The molecule has 0 saturated carbocycles. The number of sulfonamides is 1. The van der Waals surface area contributed by atoms with Gasteiger partial charge in [0.05, 0.1) is 24.6 Å². The highest BCUT2D eigenvalue weighted by Gasteiger charge is 2.20. The lowest BCUT2D eigenvalue weighted by atomic mass is 10.1. The van der Waals surface area contributed by atoms with Gasteiger partial charge in [0.2, 0.25) is 11.8 Å². The third-order valence-electron chi connectivity index (χ3n) is 4.79. The van der Waals surface area contributed by atoms with Crippen LogP contribution in [0.25, 0.3) is 21.8 Å². The predicted molar refractivity (Wildman–Crippen MR) is 113 cm³/mol. The minimum absolute atomic E-state index is 0.120. The van der Waals surface area contributed by atoms with Gasteiger partial charge in [0, 0.05) is 35.1 Å². The minimum atomic E-state index is -3.87. The third kappa shape index (κ3) is 3.19. The largest absolute Gasteiger partial charge is 0.481 e. The van der Waals surface area contributed by atoms with Crippen LogP contribution in [-0.4, -0.2) is 32.2 Å². The van der Waals surface area contributed by atoms with E-state index in [2.05, 4.69) is 9.71 Å². The first-order valence-corrected chi connectivity index (χ1v) is 10.2. The number of pyridine rings is 1. The molecule has 0 spiro atoms. The molecule has 0 aliphatic heterocycles. The van der Waals surface area contributed by atoms with Crippen LogP contribution in [0.4, 0.5) is 11.4 Å². The lowest BCUT2D eigenvalue weighted by Crippen LogP contribution is -2.14. The van der Waals surface area contributed by atoms with E-state index >= 15 is 0 Å². The number of benzene rings is 2. The number of nitrogens with zero attached hydrogens (tertiary/aromatic N) is 2. The smallest absolute Gasteiger partial charge is 0.262 e. The van der Waals surface area contributed by atoms with Gasteiger partial charge in [0.25, 0.3) is 10.0 Å². The van der Waals surface area contributed by atoms with Crippen LogP contribution in [0.2, 0.25) is 0 Å². The summed E-state index contributed by atoms with van der Waals surface area (Å²) >= 11 is 0. The normalized spacial score (nSPS) is 11.7. The fraction of sp³-hybridized carbons (Fsp3) is 0.150. The van der Waals surface area contributed by atoms with Crippen molar-refractivity contribution >= 4 is 43.2 Å². The fourth-order valence-corrected chi connectivity index (χ4v) is 4.43. The van der Waals surface area contributed by atoms with Crippen molar-refractivity contribution in [1.82, 2.24) is 9.55 Å².